The van der Waals surface area contributed by atoms with Crippen LogP contribution in [0.1, 0.15) is 37.4 Å². The van der Waals surface area contributed by atoms with E-state index in [2.05, 4.69) is 15.1 Å². The van der Waals surface area contributed by atoms with E-state index in [1.54, 1.807) is 18.3 Å². The summed E-state index contributed by atoms with van der Waals surface area (Å²) in [5.74, 6) is 3.17. The highest BCUT2D eigenvalue weighted by Gasteiger charge is 2.42. The largest absolute Gasteiger partial charge is 0.505 e. The van der Waals surface area contributed by atoms with E-state index < -0.39 is 0 Å². The monoisotopic (exact) mass is 257 g/mol. The minimum Gasteiger partial charge on any atom is -0.505 e. The molecule has 4 rings (SSSR count). The molecule has 5 heteroatoms. The molecule has 2 heterocycles. The predicted molar refractivity (Wildman–Crippen MR) is 67.4 cm³/mol. The average Bonchev–Trinajstić information content (AvgIpc) is 3.15. The molecule has 0 spiro atoms. The third-order valence-corrected chi connectivity index (χ3v) is 4.50. The molecule has 3 atom stereocenters. The third-order valence-electron chi connectivity index (χ3n) is 4.50. The summed E-state index contributed by atoms with van der Waals surface area (Å²) >= 11 is 0. The Morgan fingerprint density at radius 3 is 2.95 bits per heavy atom. The van der Waals surface area contributed by atoms with E-state index in [0.717, 1.165) is 11.7 Å². The van der Waals surface area contributed by atoms with Crippen LogP contribution >= 0.6 is 0 Å². The lowest BCUT2D eigenvalue weighted by Crippen LogP contribution is -2.09. The lowest BCUT2D eigenvalue weighted by Gasteiger charge is -2.17. The Kier molecular flexibility index (Phi) is 2.33. The fourth-order valence-corrected chi connectivity index (χ4v) is 3.60. The molecule has 3 unspecified atom stereocenters. The van der Waals surface area contributed by atoms with Crippen molar-refractivity contribution in [2.24, 2.45) is 11.8 Å². The molecule has 1 N–H and O–H groups in total. The molecule has 0 radical (unpaired) electrons. The molecule has 0 aromatic carbocycles. The van der Waals surface area contributed by atoms with Crippen LogP contribution in [-0.4, -0.2) is 20.2 Å². The molecule has 2 aromatic heterocycles. The number of pyridine rings is 1. The number of nitrogens with zero attached hydrogens (tertiary/aromatic N) is 3. The number of aromatic nitrogens is 3. The predicted octanol–water partition coefficient (Wildman–Crippen LogP) is 2.74. The van der Waals surface area contributed by atoms with E-state index in [1.165, 1.54) is 25.7 Å². The van der Waals surface area contributed by atoms with Gasteiger partial charge in [-0.1, -0.05) is 11.6 Å². The normalized spacial score (nSPS) is 28.9. The van der Waals surface area contributed by atoms with Crippen molar-refractivity contribution in [1.29, 1.82) is 0 Å². The van der Waals surface area contributed by atoms with Crippen molar-refractivity contribution in [1.82, 2.24) is 15.1 Å². The molecule has 2 aliphatic rings. The summed E-state index contributed by atoms with van der Waals surface area (Å²) in [7, 11) is 0. The van der Waals surface area contributed by atoms with Gasteiger partial charge < -0.3 is 9.63 Å². The number of hydrogen-bond donors (Lipinski definition) is 1. The first-order valence-electron chi connectivity index (χ1n) is 6.79. The van der Waals surface area contributed by atoms with Gasteiger partial charge in [0.15, 0.2) is 11.5 Å². The quantitative estimate of drug-likeness (QED) is 0.895. The maximum absolute atomic E-state index is 9.75. The van der Waals surface area contributed by atoms with Crippen molar-refractivity contribution in [2.75, 3.05) is 0 Å². The minimum absolute atomic E-state index is 0.0747. The molecular weight excluding hydrogens is 242 g/mol. The van der Waals surface area contributed by atoms with Gasteiger partial charge in [0.25, 0.3) is 5.89 Å². The van der Waals surface area contributed by atoms with E-state index in [4.69, 9.17) is 4.52 Å². The summed E-state index contributed by atoms with van der Waals surface area (Å²) in [4.78, 5) is 8.53. The van der Waals surface area contributed by atoms with Crippen LogP contribution in [0.4, 0.5) is 0 Å². The van der Waals surface area contributed by atoms with Gasteiger partial charge in [0.05, 0.1) is 0 Å². The van der Waals surface area contributed by atoms with Crippen molar-refractivity contribution >= 4 is 0 Å². The summed E-state index contributed by atoms with van der Waals surface area (Å²) in [6.45, 7) is 0. The summed E-state index contributed by atoms with van der Waals surface area (Å²) in [5.41, 5.74) is 0.365. The molecule has 0 amide bonds. The second-order valence-electron chi connectivity index (χ2n) is 5.61. The molecule has 98 valence electrons. The van der Waals surface area contributed by atoms with Gasteiger partial charge in [-0.2, -0.15) is 4.98 Å². The van der Waals surface area contributed by atoms with Gasteiger partial charge >= 0.3 is 0 Å². The highest BCUT2D eigenvalue weighted by Crippen LogP contribution is 2.52. The maximum Gasteiger partial charge on any atom is 0.280 e. The van der Waals surface area contributed by atoms with Crippen LogP contribution in [0.3, 0.4) is 0 Å². The fraction of sp³-hybridized carbons (Fsp3) is 0.500. The Labute approximate surface area is 110 Å². The van der Waals surface area contributed by atoms with Gasteiger partial charge in [-0.3, -0.25) is 0 Å². The molecule has 0 aliphatic heterocycles. The van der Waals surface area contributed by atoms with Crippen molar-refractivity contribution in [2.45, 2.75) is 31.6 Å². The second kappa shape index (κ2) is 4.05. The molecule has 5 nitrogen and oxygen atoms in total. The number of fused-ring (bicyclic) bond motifs is 2. The summed E-state index contributed by atoms with van der Waals surface area (Å²) in [6.07, 6.45) is 6.73. The molecule has 0 saturated heterocycles. The number of hydrogen-bond acceptors (Lipinski definition) is 5. The Hall–Kier alpha value is -1.91. The first-order valence-corrected chi connectivity index (χ1v) is 6.79. The molecular formula is C14H15N3O2. The third kappa shape index (κ3) is 1.72. The molecule has 2 bridgehead atoms. The van der Waals surface area contributed by atoms with Gasteiger partial charge in [0, 0.05) is 12.1 Å². The number of aromatic hydroxyl groups is 1. The van der Waals surface area contributed by atoms with Crippen LogP contribution in [0.5, 0.6) is 5.75 Å². The van der Waals surface area contributed by atoms with Gasteiger partial charge in [0.1, 0.15) is 5.75 Å². The Morgan fingerprint density at radius 1 is 1.26 bits per heavy atom. The Bertz CT molecular complexity index is 610. The van der Waals surface area contributed by atoms with Crippen LogP contribution < -0.4 is 0 Å². The zero-order chi connectivity index (χ0) is 12.8. The van der Waals surface area contributed by atoms with Gasteiger partial charge in [0.2, 0.25) is 0 Å². The van der Waals surface area contributed by atoms with E-state index >= 15 is 0 Å². The first kappa shape index (κ1) is 11.0. The second-order valence-corrected chi connectivity index (χ2v) is 5.61. The SMILES string of the molecule is Oc1cccnc1-c1nc(C2CC3CCC2C3)no1. The highest BCUT2D eigenvalue weighted by molar-refractivity contribution is 5.55. The van der Waals surface area contributed by atoms with Crippen LogP contribution in [0.2, 0.25) is 0 Å². The number of rotatable bonds is 2. The van der Waals surface area contributed by atoms with E-state index in [1.807, 2.05) is 0 Å². The molecule has 2 fully saturated rings. The van der Waals surface area contributed by atoms with Crippen molar-refractivity contribution in [3.8, 4) is 17.3 Å². The Balaban J connectivity index is 1.65. The van der Waals surface area contributed by atoms with Crippen LogP contribution in [0, 0.1) is 11.8 Å². The van der Waals surface area contributed by atoms with Crippen LogP contribution in [0.25, 0.3) is 11.6 Å². The first-order chi connectivity index (χ1) is 9.31. The van der Waals surface area contributed by atoms with Gasteiger partial charge in [-0.25, -0.2) is 4.98 Å². The summed E-state index contributed by atoms with van der Waals surface area (Å²) in [5, 5.41) is 13.9. The standard InChI is InChI=1S/C14H15N3O2/c18-11-2-1-5-15-12(11)14-16-13(17-19-14)10-7-8-3-4-9(10)6-8/h1-2,5,8-10,18H,3-4,6-7H2. The van der Waals surface area contributed by atoms with E-state index in [0.29, 0.717) is 23.4 Å². The topological polar surface area (TPSA) is 72.0 Å². The molecule has 2 aliphatic carbocycles. The molecule has 2 saturated carbocycles. The summed E-state index contributed by atoms with van der Waals surface area (Å²) in [6, 6.07) is 3.25. The lowest BCUT2D eigenvalue weighted by molar-refractivity contribution is 0.371. The van der Waals surface area contributed by atoms with Crippen molar-refractivity contribution < 1.29 is 9.63 Å². The van der Waals surface area contributed by atoms with Crippen LogP contribution in [-0.2, 0) is 0 Å². The fourth-order valence-electron chi connectivity index (χ4n) is 3.60. The smallest absolute Gasteiger partial charge is 0.280 e. The minimum atomic E-state index is 0.0747. The summed E-state index contributed by atoms with van der Waals surface area (Å²) < 4.78 is 5.27. The van der Waals surface area contributed by atoms with Gasteiger partial charge in [-0.15, -0.1) is 0 Å². The average molecular weight is 257 g/mol. The Morgan fingerprint density at radius 2 is 2.21 bits per heavy atom. The van der Waals surface area contributed by atoms with E-state index in [-0.39, 0.29) is 5.75 Å². The maximum atomic E-state index is 9.75. The van der Waals surface area contributed by atoms with E-state index in [9.17, 15) is 5.11 Å². The highest BCUT2D eigenvalue weighted by atomic mass is 16.5. The van der Waals surface area contributed by atoms with Crippen molar-refractivity contribution in [3.05, 3.63) is 24.2 Å². The molecule has 2 aromatic rings. The molecule has 19 heavy (non-hydrogen) atoms. The zero-order valence-corrected chi connectivity index (χ0v) is 10.5. The lowest BCUT2D eigenvalue weighted by atomic mass is 9.88. The zero-order valence-electron chi connectivity index (χ0n) is 10.5. The van der Waals surface area contributed by atoms with Crippen LogP contribution in [0.15, 0.2) is 22.9 Å². The van der Waals surface area contributed by atoms with Crippen molar-refractivity contribution in [3.63, 3.8) is 0 Å². The van der Waals surface area contributed by atoms with Gasteiger partial charge in [-0.05, 0) is 43.2 Å².